The molecule has 0 aliphatic carbocycles. The van der Waals surface area contributed by atoms with Gasteiger partial charge in [0.15, 0.2) is 4.60 Å². The average molecular weight is 214 g/mol. The first-order valence-electron chi connectivity index (χ1n) is 3.15. The minimum absolute atomic E-state index is 0.450. The Bertz CT molecular complexity index is 400. The van der Waals surface area contributed by atoms with E-state index in [0.717, 1.165) is 10.1 Å². The molecule has 4 nitrogen and oxygen atoms in total. The molecule has 0 bridgehead atoms. The van der Waals surface area contributed by atoms with Crippen LogP contribution in [0.3, 0.4) is 0 Å². The van der Waals surface area contributed by atoms with E-state index >= 15 is 0 Å². The van der Waals surface area contributed by atoms with Crippen LogP contribution in [0, 0.1) is 0 Å². The van der Waals surface area contributed by atoms with Gasteiger partial charge in [-0.3, -0.25) is 5.73 Å². The lowest BCUT2D eigenvalue weighted by molar-refractivity contribution is -0.572. The fourth-order valence-corrected chi connectivity index (χ4v) is 1.38. The third-order valence-corrected chi connectivity index (χ3v) is 2.00. The third kappa shape index (κ3) is 1.06. The van der Waals surface area contributed by atoms with Crippen molar-refractivity contribution in [1.82, 2.24) is 0 Å². The molecule has 2 rings (SSSR count). The summed E-state index contributed by atoms with van der Waals surface area (Å²) in [6.45, 7) is 0. The van der Waals surface area contributed by atoms with Crippen LogP contribution in [-0.2, 0) is 0 Å². The number of nitrogens with zero attached hydrogens (tertiary/aromatic N) is 3. The predicted molar refractivity (Wildman–Crippen MR) is 41.3 cm³/mol. The second-order valence-electron chi connectivity index (χ2n) is 2.18. The van der Waals surface area contributed by atoms with Gasteiger partial charge in [-0.15, -0.1) is 0 Å². The standard InChI is InChI=1S/C6H6BrN4/c7-4-2-1-3-5-9-6(8)10-11(4)5/h1-3,6H,8H2/q+1. The molecule has 11 heavy (non-hydrogen) atoms. The van der Waals surface area contributed by atoms with Crippen molar-refractivity contribution in [2.24, 2.45) is 15.8 Å². The molecule has 2 N–H and O–H groups in total. The number of nitrogens with two attached hydrogens (primary N) is 1. The first-order valence-corrected chi connectivity index (χ1v) is 3.95. The van der Waals surface area contributed by atoms with Crippen LogP contribution in [0.2, 0.25) is 0 Å². The molecular formula is C6H6BrN4+. The number of fused-ring (bicyclic) bond motifs is 1. The molecule has 5 heteroatoms. The summed E-state index contributed by atoms with van der Waals surface area (Å²) in [5.74, 6) is 0. The number of hydrogen-bond acceptors (Lipinski definition) is 3. The van der Waals surface area contributed by atoms with Gasteiger partial charge >= 0.3 is 11.8 Å². The Labute approximate surface area is 71.2 Å². The monoisotopic (exact) mass is 213 g/mol. The summed E-state index contributed by atoms with van der Waals surface area (Å²) in [7, 11) is 0. The van der Waals surface area contributed by atoms with E-state index in [1.807, 2.05) is 18.2 Å². The van der Waals surface area contributed by atoms with Crippen LogP contribution in [0.1, 0.15) is 0 Å². The van der Waals surface area contributed by atoms with E-state index in [2.05, 4.69) is 26.0 Å². The van der Waals surface area contributed by atoms with E-state index in [9.17, 15) is 0 Å². The number of hydrogen-bond donors (Lipinski definition) is 1. The molecule has 2 heterocycles. The van der Waals surface area contributed by atoms with Crippen LogP contribution >= 0.6 is 15.9 Å². The third-order valence-electron chi connectivity index (χ3n) is 1.40. The highest BCUT2D eigenvalue weighted by Crippen LogP contribution is 1.98. The van der Waals surface area contributed by atoms with Gasteiger partial charge in [0.25, 0.3) is 0 Å². The van der Waals surface area contributed by atoms with Crippen molar-refractivity contribution in [2.75, 3.05) is 0 Å². The highest BCUT2D eigenvalue weighted by atomic mass is 79.9. The Morgan fingerprint density at radius 1 is 1.55 bits per heavy atom. The highest BCUT2D eigenvalue weighted by molar-refractivity contribution is 9.10. The summed E-state index contributed by atoms with van der Waals surface area (Å²) in [6, 6.07) is 5.65. The Hall–Kier alpha value is -0.810. The smallest absolute Gasteiger partial charge is 0.267 e. The lowest BCUT2D eigenvalue weighted by atomic mass is 10.5. The van der Waals surface area contributed by atoms with Gasteiger partial charge < -0.3 is 0 Å². The number of rotatable bonds is 0. The zero-order valence-corrected chi connectivity index (χ0v) is 7.19. The molecule has 0 saturated carbocycles. The van der Waals surface area contributed by atoms with Crippen LogP contribution in [0.5, 0.6) is 0 Å². The van der Waals surface area contributed by atoms with E-state index < -0.39 is 6.29 Å². The second kappa shape index (κ2) is 2.35. The number of pyridine rings is 1. The molecule has 0 saturated heterocycles. The maximum atomic E-state index is 5.48. The Morgan fingerprint density at radius 3 is 3.09 bits per heavy atom. The summed E-state index contributed by atoms with van der Waals surface area (Å²) in [5, 5.41) is 4.03. The Kier molecular flexibility index (Phi) is 1.47. The first kappa shape index (κ1) is 6.87. The maximum absolute atomic E-state index is 5.48. The summed E-state index contributed by atoms with van der Waals surface area (Å²) < 4.78 is 2.54. The Morgan fingerprint density at radius 2 is 2.36 bits per heavy atom. The van der Waals surface area contributed by atoms with Gasteiger partial charge in [-0.05, 0) is 38.2 Å². The van der Waals surface area contributed by atoms with Crippen LogP contribution in [0.4, 0.5) is 0 Å². The molecule has 1 aliphatic heterocycles. The SMILES string of the molecule is NC1N=c2cccc(Br)[n+]2=N1. The Balaban J connectivity index is 2.87. The fraction of sp³-hybridized carbons (Fsp3) is 0.167. The molecule has 0 spiro atoms. The molecule has 0 fully saturated rings. The van der Waals surface area contributed by atoms with E-state index in [4.69, 9.17) is 5.73 Å². The van der Waals surface area contributed by atoms with Crippen LogP contribution < -0.4 is 15.6 Å². The molecule has 1 atom stereocenters. The minimum atomic E-state index is -0.450. The minimum Gasteiger partial charge on any atom is -0.267 e. The van der Waals surface area contributed by atoms with Crippen molar-refractivity contribution < 1.29 is 4.36 Å². The first-order chi connectivity index (χ1) is 5.27. The zero-order valence-electron chi connectivity index (χ0n) is 5.61. The lowest BCUT2D eigenvalue weighted by Crippen LogP contribution is -2.34. The van der Waals surface area contributed by atoms with Crippen LogP contribution in [0.25, 0.3) is 0 Å². The van der Waals surface area contributed by atoms with Crippen molar-refractivity contribution in [1.29, 1.82) is 0 Å². The van der Waals surface area contributed by atoms with Crippen LogP contribution in [-0.4, -0.2) is 6.29 Å². The second-order valence-corrected chi connectivity index (χ2v) is 2.99. The molecule has 0 amide bonds. The average Bonchev–Trinajstić information content (AvgIpc) is 2.31. The lowest BCUT2D eigenvalue weighted by Gasteiger charge is -1.80. The van der Waals surface area contributed by atoms with Gasteiger partial charge in [-0.1, -0.05) is 4.36 Å². The molecule has 56 valence electrons. The summed E-state index contributed by atoms with van der Waals surface area (Å²) in [6.07, 6.45) is -0.450. The topological polar surface area (TPSA) is 56.6 Å². The zero-order chi connectivity index (χ0) is 7.84. The number of aromatic nitrogens is 1. The van der Waals surface area contributed by atoms with Crippen LogP contribution in [0.15, 0.2) is 32.9 Å². The van der Waals surface area contributed by atoms with E-state index in [-0.39, 0.29) is 0 Å². The van der Waals surface area contributed by atoms with Crippen molar-refractivity contribution in [3.8, 4) is 0 Å². The molecule has 1 unspecified atom stereocenters. The largest absolute Gasteiger partial charge is 0.347 e. The van der Waals surface area contributed by atoms with E-state index in [1.165, 1.54) is 0 Å². The number of halogens is 1. The molecule has 1 aromatic rings. The van der Waals surface area contributed by atoms with Crippen molar-refractivity contribution >= 4 is 15.9 Å². The molecular weight excluding hydrogens is 208 g/mol. The van der Waals surface area contributed by atoms with Gasteiger partial charge in [-0.25, -0.2) is 0 Å². The highest BCUT2D eigenvalue weighted by Gasteiger charge is 2.15. The quantitative estimate of drug-likeness (QED) is 0.465. The van der Waals surface area contributed by atoms with Crippen molar-refractivity contribution in [2.45, 2.75) is 6.29 Å². The van der Waals surface area contributed by atoms with Crippen molar-refractivity contribution in [3.05, 3.63) is 28.3 Å². The molecule has 1 aromatic heterocycles. The normalized spacial score (nSPS) is 20.4. The van der Waals surface area contributed by atoms with Gasteiger partial charge in [0.2, 0.25) is 0 Å². The maximum Gasteiger partial charge on any atom is 0.347 e. The van der Waals surface area contributed by atoms with Gasteiger partial charge in [0.05, 0.1) is 0 Å². The molecule has 0 radical (unpaired) electrons. The summed E-state index contributed by atoms with van der Waals surface area (Å²) in [5.41, 5.74) is 6.26. The van der Waals surface area contributed by atoms with Gasteiger partial charge in [0, 0.05) is 6.07 Å². The van der Waals surface area contributed by atoms with E-state index in [1.54, 1.807) is 4.36 Å². The summed E-state index contributed by atoms with van der Waals surface area (Å²) >= 11 is 3.33. The van der Waals surface area contributed by atoms with E-state index in [0.29, 0.717) is 0 Å². The predicted octanol–water partition coefficient (Wildman–Crippen LogP) is -0.356. The molecule has 0 aromatic carbocycles. The van der Waals surface area contributed by atoms with Gasteiger partial charge in [-0.2, -0.15) is 0 Å². The molecule has 1 aliphatic rings. The fourth-order valence-electron chi connectivity index (χ4n) is 0.956. The van der Waals surface area contributed by atoms with Crippen molar-refractivity contribution in [3.63, 3.8) is 0 Å². The summed E-state index contributed by atoms with van der Waals surface area (Å²) in [4.78, 5) is 4.06. The van der Waals surface area contributed by atoms with Gasteiger partial charge in [0.1, 0.15) is 0 Å².